The maximum absolute atomic E-state index is 4.24. The summed E-state index contributed by atoms with van der Waals surface area (Å²) in [6, 6.07) is 0. The summed E-state index contributed by atoms with van der Waals surface area (Å²) in [4.78, 5) is 2.61. The number of likely N-dealkylation sites (tertiary alicyclic amines) is 1. The van der Waals surface area contributed by atoms with Crippen molar-refractivity contribution >= 4 is 0 Å². The molecular formula is C9H17N2. The van der Waals surface area contributed by atoms with Gasteiger partial charge in [0.1, 0.15) is 0 Å². The van der Waals surface area contributed by atoms with Crippen LogP contribution in [0.25, 0.3) is 0 Å². The van der Waals surface area contributed by atoms with Crippen molar-refractivity contribution in [1.82, 2.24) is 10.2 Å². The molecule has 2 aliphatic heterocycles. The van der Waals surface area contributed by atoms with E-state index in [4.69, 9.17) is 0 Å². The maximum Gasteiger partial charge on any atom is 0.0186 e. The van der Waals surface area contributed by atoms with E-state index in [2.05, 4.69) is 10.2 Å². The lowest BCUT2D eigenvalue weighted by Gasteiger charge is -2.34. The summed E-state index contributed by atoms with van der Waals surface area (Å²) in [5.74, 6) is 0.910. The van der Waals surface area contributed by atoms with Crippen molar-refractivity contribution in [2.75, 3.05) is 32.7 Å². The first-order chi connectivity index (χ1) is 5.45. The third-order valence-electron chi connectivity index (χ3n) is 2.74. The zero-order valence-electron chi connectivity index (χ0n) is 7.13. The normalized spacial score (nSPS) is 28.4. The third kappa shape index (κ3) is 1.94. The molecule has 0 amide bonds. The highest BCUT2D eigenvalue weighted by molar-refractivity contribution is 4.78. The van der Waals surface area contributed by atoms with Gasteiger partial charge in [-0.15, -0.1) is 0 Å². The van der Waals surface area contributed by atoms with E-state index in [9.17, 15) is 0 Å². The molecular weight excluding hydrogens is 136 g/mol. The molecule has 0 bridgehead atoms. The van der Waals surface area contributed by atoms with Gasteiger partial charge in [-0.1, -0.05) is 6.42 Å². The van der Waals surface area contributed by atoms with Gasteiger partial charge in [-0.05, 0) is 31.8 Å². The van der Waals surface area contributed by atoms with Gasteiger partial charge in [0.15, 0.2) is 0 Å². The smallest absolute Gasteiger partial charge is 0.0186 e. The number of hydrogen-bond donors (Lipinski definition) is 0. The van der Waals surface area contributed by atoms with Crippen LogP contribution in [0, 0.1) is 5.92 Å². The standard InChI is InChI=1S/C9H17N2/c1-2-4-11(5-3-1)8-9-6-10-7-9/h9H,1-8H2. The summed E-state index contributed by atoms with van der Waals surface area (Å²) < 4.78 is 0. The average Bonchev–Trinajstić information content (AvgIpc) is 1.99. The van der Waals surface area contributed by atoms with Crippen LogP contribution in [0.5, 0.6) is 0 Å². The Morgan fingerprint density at radius 1 is 1.09 bits per heavy atom. The van der Waals surface area contributed by atoms with Crippen molar-refractivity contribution in [3.63, 3.8) is 0 Å². The van der Waals surface area contributed by atoms with E-state index in [-0.39, 0.29) is 0 Å². The van der Waals surface area contributed by atoms with Crippen LogP contribution in [0.3, 0.4) is 0 Å². The van der Waals surface area contributed by atoms with Crippen molar-refractivity contribution in [3.8, 4) is 0 Å². The van der Waals surface area contributed by atoms with E-state index in [1.54, 1.807) is 0 Å². The maximum atomic E-state index is 4.24. The fourth-order valence-corrected chi connectivity index (χ4v) is 1.93. The van der Waals surface area contributed by atoms with Crippen molar-refractivity contribution in [3.05, 3.63) is 0 Å². The summed E-state index contributed by atoms with van der Waals surface area (Å²) in [7, 11) is 0. The molecule has 0 aromatic rings. The topological polar surface area (TPSA) is 17.3 Å². The summed E-state index contributed by atoms with van der Waals surface area (Å²) in [6.07, 6.45) is 4.29. The summed E-state index contributed by atoms with van der Waals surface area (Å²) >= 11 is 0. The molecule has 0 unspecified atom stereocenters. The number of hydrogen-bond acceptors (Lipinski definition) is 1. The second kappa shape index (κ2) is 3.55. The van der Waals surface area contributed by atoms with Crippen LogP contribution in [0.4, 0.5) is 0 Å². The molecule has 0 spiro atoms. The Morgan fingerprint density at radius 2 is 1.82 bits per heavy atom. The third-order valence-corrected chi connectivity index (χ3v) is 2.74. The number of piperidine rings is 1. The molecule has 2 fully saturated rings. The van der Waals surface area contributed by atoms with Gasteiger partial charge >= 0.3 is 0 Å². The minimum atomic E-state index is 0.910. The van der Waals surface area contributed by atoms with E-state index in [1.807, 2.05) is 0 Å². The Labute approximate surface area is 69.0 Å². The highest BCUT2D eigenvalue weighted by Crippen LogP contribution is 2.13. The molecule has 11 heavy (non-hydrogen) atoms. The van der Waals surface area contributed by atoms with Crippen LogP contribution in [0.2, 0.25) is 0 Å². The fourth-order valence-electron chi connectivity index (χ4n) is 1.93. The molecule has 0 aliphatic carbocycles. The summed E-state index contributed by atoms with van der Waals surface area (Å²) in [5, 5.41) is 4.24. The minimum Gasteiger partial charge on any atom is -0.303 e. The van der Waals surface area contributed by atoms with Gasteiger partial charge in [-0.3, -0.25) is 0 Å². The molecule has 2 heteroatoms. The van der Waals surface area contributed by atoms with Crippen LogP contribution >= 0.6 is 0 Å². The van der Waals surface area contributed by atoms with E-state index in [1.165, 1.54) is 38.9 Å². The quantitative estimate of drug-likeness (QED) is 0.571. The van der Waals surface area contributed by atoms with Crippen LogP contribution in [0.1, 0.15) is 19.3 Å². The fraction of sp³-hybridized carbons (Fsp3) is 1.00. The Morgan fingerprint density at radius 3 is 2.36 bits per heavy atom. The van der Waals surface area contributed by atoms with Crippen molar-refractivity contribution in [2.24, 2.45) is 5.92 Å². The van der Waals surface area contributed by atoms with E-state index < -0.39 is 0 Å². The Kier molecular flexibility index (Phi) is 2.44. The van der Waals surface area contributed by atoms with Crippen LogP contribution < -0.4 is 5.32 Å². The zero-order valence-corrected chi connectivity index (χ0v) is 7.13. The van der Waals surface area contributed by atoms with Crippen molar-refractivity contribution < 1.29 is 0 Å². The predicted molar refractivity (Wildman–Crippen MR) is 45.6 cm³/mol. The lowest BCUT2D eigenvalue weighted by molar-refractivity contribution is 0.165. The Balaban J connectivity index is 1.67. The van der Waals surface area contributed by atoms with Gasteiger partial charge in [0.25, 0.3) is 0 Å². The first kappa shape index (κ1) is 7.56. The predicted octanol–water partition coefficient (Wildman–Crippen LogP) is 0.706. The largest absolute Gasteiger partial charge is 0.303 e. The van der Waals surface area contributed by atoms with Gasteiger partial charge < -0.3 is 4.90 Å². The molecule has 0 saturated carbocycles. The molecule has 1 radical (unpaired) electrons. The van der Waals surface area contributed by atoms with Crippen molar-refractivity contribution in [1.29, 1.82) is 0 Å². The number of nitrogens with zero attached hydrogens (tertiary/aromatic N) is 2. The molecule has 0 aromatic carbocycles. The Bertz CT molecular complexity index is 115. The highest BCUT2D eigenvalue weighted by atomic mass is 15.1. The highest BCUT2D eigenvalue weighted by Gasteiger charge is 2.21. The monoisotopic (exact) mass is 153 g/mol. The van der Waals surface area contributed by atoms with Crippen LogP contribution in [-0.4, -0.2) is 37.6 Å². The lowest BCUT2D eigenvalue weighted by Crippen LogP contribution is -2.45. The second-order valence-electron chi connectivity index (χ2n) is 3.82. The van der Waals surface area contributed by atoms with Gasteiger partial charge in [0.05, 0.1) is 0 Å². The molecule has 2 rings (SSSR count). The van der Waals surface area contributed by atoms with Crippen LogP contribution in [0.15, 0.2) is 0 Å². The second-order valence-corrected chi connectivity index (χ2v) is 3.82. The summed E-state index contributed by atoms with van der Waals surface area (Å²) in [5.41, 5.74) is 0. The first-order valence-electron chi connectivity index (χ1n) is 4.81. The minimum absolute atomic E-state index is 0.910. The zero-order chi connectivity index (χ0) is 7.52. The van der Waals surface area contributed by atoms with Gasteiger partial charge in [0.2, 0.25) is 0 Å². The number of rotatable bonds is 2. The molecule has 2 aliphatic rings. The van der Waals surface area contributed by atoms with E-state index in [0.717, 1.165) is 19.0 Å². The van der Waals surface area contributed by atoms with E-state index in [0.29, 0.717) is 0 Å². The SMILES string of the molecule is C1CCN(CC2C[N]C2)CC1. The van der Waals surface area contributed by atoms with Gasteiger partial charge in [0, 0.05) is 19.6 Å². The molecule has 2 nitrogen and oxygen atoms in total. The van der Waals surface area contributed by atoms with Gasteiger partial charge in [-0.25, -0.2) is 5.32 Å². The molecule has 63 valence electrons. The van der Waals surface area contributed by atoms with Crippen molar-refractivity contribution in [2.45, 2.75) is 19.3 Å². The molecule has 0 N–H and O–H groups in total. The summed E-state index contributed by atoms with van der Waals surface area (Å²) in [6.45, 7) is 6.28. The average molecular weight is 153 g/mol. The Hall–Kier alpha value is -0.0800. The molecule has 2 heterocycles. The van der Waals surface area contributed by atoms with E-state index >= 15 is 0 Å². The van der Waals surface area contributed by atoms with Crippen LogP contribution in [-0.2, 0) is 0 Å². The molecule has 2 saturated heterocycles. The molecule has 0 aromatic heterocycles. The first-order valence-corrected chi connectivity index (χ1v) is 4.81. The van der Waals surface area contributed by atoms with Gasteiger partial charge in [-0.2, -0.15) is 0 Å². The molecule has 0 atom stereocenters. The lowest BCUT2D eigenvalue weighted by atomic mass is 10.0.